The summed E-state index contributed by atoms with van der Waals surface area (Å²) in [6.45, 7) is 15.1. The molecule has 392 valence electrons. The summed E-state index contributed by atoms with van der Waals surface area (Å²) in [6, 6.07) is -1.11. The van der Waals surface area contributed by atoms with Crippen LogP contribution in [0.5, 0.6) is 0 Å². The number of H-pyrrole nitrogens is 1. The lowest BCUT2D eigenvalue weighted by Crippen LogP contribution is -2.61. The van der Waals surface area contributed by atoms with Gasteiger partial charge in [-0.05, 0) is 113 Å². The molecule has 17 heteroatoms. The number of Topliss-reactive ketones (excluding diaryl/α,β-unsaturated/α-hetero) is 3. The molecule has 4 aliphatic rings. The molecule has 3 fully saturated rings. The van der Waals surface area contributed by atoms with E-state index in [1.165, 1.54) is 18.3 Å². The van der Waals surface area contributed by atoms with Crippen LogP contribution in [0, 0.1) is 41.4 Å². The highest BCUT2D eigenvalue weighted by Gasteiger charge is 2.53. The molecule has 1 aromatic rings. The van der Waals surface area contributed by atoms with Crippen molar-refractivity contribution in [1.82, 2.24) is 25.5 Å². The van der Waals surface area contributed by atoms with E-state index in [1.807, 2.05) is 58.1 Å². The number of esters is 1. The number of aromatic amines is 1. The first-order valence-corrected chi connectivity index (χ1v) is 25.4. The van der Waals surface area contributed by atoms with Gasteiger partial charge in [0.15, 0.2) is 12.1 Å². The van der Waals surface area contributed by atoms with Crippen LogP contribution >= 0.6 is 0 Å². The molecule has 70 heavy (non-hydrogen) atoms. The molecule has 0 unspecified atom stereocenters. The van der Waals surface area contributed by atoms with E-state index in [0.717, 1.165) is 24.8 Å². The predicted molar refractivity (Wildman–Crippen MR) is 262 cm³/mol. The van der Waals surface area contributed by atoms with Gasteiger partial charge in [-0.15, -0.1) is 10.2 Å². The molecule has 3 N–H and O–H groups in total. The summed E-state index contributed by atoms with van der Waals surface area (Å²) in [5.74, 6) is -7.07. The van der Waals surface area contributed by atoms with Crippen molar-refractivity contribution in [3.63, 3.8) is 0 Å². The molecule has 1 aromatic heterocycles. The van der Waals surface area contributed by atoms with Crippen LogP contribution in [0.3, 0.4) is 0 Å². The normalized spacial score (nSPS) is 38.1. The minimum absolute atomic E-state index is 0.0304. The van der Waals surface area contributed by atoms with Crippen molar-refractivity contribution in [2.75, 3.05) is 27.9 Å². The van der Waals surface area contributed by atoms with E-state index in [-0.39, 0.29) is 54.8 Å². The molecular weight excluding hydrogens is 899 g/mol. The van der Waals surface area contributed by atoms with Crippen molar-refractivity contribution in [3.8, 4) is 0 Å². The number of hydrogen-bond acceptors (Lipinski definition) is 15. The monoisotopic (exact) mass is 982 g/mol. The van der Waals surface area contributed by atoms with Gasteiger partial charge in [-0.2, -0.15) is 5.21 Å². The summed E-state index contributed by atoms with van der Waals surface area (Å²) in [5, 5.41) is 35.6. The third-order valence-corrected chi connectivity index (χ3v) is 15.1. The number of carbonyl (C=O) groups excluding carboxylic acids is 5. The van der Waals surface area contributed by atoms with Crippen LogP contribution < -0.4 is 0 Å². The maximum Gasteiger partial charge on any atom is 0.329 e. The van der Waals surface area contributed by atoms with Crippen molar-refractivity contribution >= 4 is 29.2 Å². The topological polar surface area (TPSA) is 230 Å². The Hall–Kier alpha value is -4.26. The van der Waals surface area contributed by atoms with Crippen LogP contribution in [0.25, 0.3) is 0 Å². The lowest BCUT2D eigenvalue weighted by atomic mass is 9.76. The molecule has 0 spiro atoms. The summed E-state index contributed by atoms with van der Waals surface area (Å²) >= 11 is 0. The Morgan fingerprint density at radius 2 is 1.63 bits per heavy atom. The van der Waals surface area contributed by atoms with Crippen LogP contribution in [-0.4, -0.2) is 141 Å². The number of rotatable bonds is 6. The average Bonchev–Trinajstić information content (AvgIpc) is 3.94. The molecule has 3 aliphatic heterocycles. The number of aromatic nitrogens is 4. The number of nitrogens with zero attached hydrogens (tertiary/aromatic N) is 4. The van der Waals surface area contributed by atoms with Gasteiger partial charge in [0.1, 0.15) is 30.1 Å². The molecule has 5 rings (SSSR count). The molecule has 2 saturated heterocycles. The van der Waals surface area contributed by atoms with Gasteiger partial charge >= 0.3 is 5.97 Å². The van der Waals surface area contributed by atoms with Crippen LogP contribution in [0.1, 0.15) is 132 Å². The van der Waals surface area contributed by atoms with Gasteiger partial charge in [0.05, 0.1) is 18.3 Å². The van der Waals surface area contributed by atoms with E-state index in [1.54, 1.807) is 41.1 Å². The first kappa shape index (κ1) is 58.3. The van der Waals surface area contributed by atoms with Gasteiger partial charge in [0.2, 0.25) is 5.79 Å². The molecule has 1 aliphatic carbocycles. The Kier molecular flexibility index (Phi) is 23.4. The van der Waals surface area contributed by atoms with Crippen LogP contribution in [-0.2, 0) is 47.7 Å². The molecule has 15 atom stereocenters. The molecule has 17 nitrogen and oxygen atoms in total. The molecule has 0 radical (unpaired) electrons. The molecule has 2 bridgehead atoms. The number of fused-ring (bicyclic) bond motifs is 3. The van der Waals surface area contributed by atoms with E-state index in [9.17, 15) is 34.2 Å². The summed E-state index contributed by atoms with van der Waals surface area (Å²) in [7, 11) is 4.70. The molecule has 1 amide bonds. The number of tetrazole rings is 1. The number of ketones is 3. The number of carbonyl (C=O) groups is 5. The number of cyclic esters (lactones) is 1. The predicted octanol–water partition coefficient (Wildman–Crippen LogP) is 6.66. The largest absolute Gasteiger partial charge is 0.460 e. The van der Waals surface area contributed by atoms with Crippen LogP contribution in [0.4, 0.5) is 0 Å². The Labute approximate surface area is 415 Å². The van der Waals surface area contributed by atoms with Crippen molar-refractivity contribution in [2.45, 2.75) is 181 Å². The van der Waals surface area contributed by atoms with E-state index in [0.29, 0.717) is 56.4 Å². The van der Waals surface area contributed by atoms with E-state index < -0.39 is 77.8 Å². The zero-order valence-electron chi connectivity index (χ0n) is 43.6. The lowest BCUT2D eigenvalue weighted by molar-refractivity contribution is -0.265. The zero-order valence-corrected chi connectivity index (χ0v) is 43.6. The minimum Gasteiger partial charge on any atom is -0.460 e. The Morgan fingerprint density at radius 3 is 2.27 bits per heavy atom. The highest BCUT2D eigenvalue weighted by Crippen LogP contribution is 2.38. The maximum absolute atomic E-state index is 14.4. The smallest absolute Gasteiger partial charge is 0.329 e. The van der Waals surface area contributed by atoms with Crippen molar-refractivity contribution < 1.29 is 57.9 Å². The number of aliphatic hydroxyl groups is 2. The fourth-order valence-electron chi connectivity index (χ4n) is 10.5. The number of nitrogens with one attached hydrogen (secondary N) is 1. The average molecular weight is 982 g/mol. The summed E-state index contributed by atoms with van der Waals surface area (Å²) < 4.78 is 29.7. The molecule has 4 heterocycles. The fraction of sp³-hybridized carbons (Fsp3) is 0.736. The lowest BCUT2D eigenvalue weighted by Gasteiger charge is -2.42. The summed E-state index contributed by atoms with van der Waals surface area (Å²) in [5.41, 5.74) is 1.30. The number of piperidine rings is 1. The standard InChI is InChI=1S/C52H81NO12.CH2N4/c1-31-17-13-12-14-18-32(2)44(62-10)29-40-23-21-38(8)52(60,65-40)49(57)50(58)53-24-16-15-19-41(53)51(59)64-45(35(5)27-39-22-20-33(3)43(28-39)61-9)30-42(54)34(4)26-37(7)47(56)48(63-11)46(55)36(6)25-31;1-2-4-5-3-1/h12-14,17-18,26,31,33-36,38-41,43-45,47-48,56,60H,15-16,19-25,27-30H2,1-11H3;1H,(H,2,3,4,5)/b14-12+,17-13+,32-18+,37-26+;/t31-,33+,34-,35-,36+,38-,39+,40+,41+,43-,44+,45+,47-,48+,52-;/m1./s1. The summed E-state index contributed by atoms with van der Waals surface area (Å²) in [4.78, 5) is 71.9. The number of hydrogen-bond donors (Lipinski definition) is 3. The van der Waals surface area contributed by atoms with E-state index in [2.05, 4.69) is 27.5 Å². The number of allylic oxidation sites excluding steroid dienone is 6. The molecule has 0 aromatic carbocycles. The van der Waals surface area contributed by atoms with Crippen molar-refractivity contribution in [2.24, 2.45) is 41.4 Å². The van der Waals surface area contributed by atoms with E-state index in [4.69, 9.17) is 23.7 Å². The second-order valence-electron chi connectivity index (χ2n) is 20.6. The first-order valence-electron chi connectivity index (χ1n) is 25.4. The number of amides is 1. The number of ether oxygens (including phenoxy) is 5. The second kappa shape index (κ2) is 28.1. The highest BCUT2D eigenvalue weighted by molar-refractivity contribution is 6.39. The van der Waals surface area contributed by atoms with Gasteiger partial charge in [0.25, 0.3) is 11.7 Å². The van der Waals surface area contributed by atoms with Gasteiger partial charge in [-0.3, -0.25) is 19.2 Å². The quantitative estimate of drug-likeness (QED) is 0.154. The molecule has 1 saturated carbocycles. The van der Waals surface area contributed by atoms with Crippen LogP contribution in [0.15, 0.2) is 53.9 Å². The number of methoxy groups -OCH3 is 3. The third-order valence-electron chi connectivity index (χ3n) is 15.1. The minimum atomic E-state index is -2.41. The SMILES string of the molecule is CO[C@H]1C[C@@H]2CC[C@@H](C)[C@@](O)(O2)C(=O)C(=O)N2CCCC[C@H]2C(=O)O[C@H]([C@H](C)C[C@@H]2CC[C@H](C)[C@H](OC)C2)CC(=O)[C@H](C)/C=C(\C)[C@@H](O)[C@@H](OC)C(=O)[C@@H](C)C[C@H](C)/C=C/C=C/C=C/1C.c1nn[nH]n1. The molecular formula is C53H83N5O12. The Bertz CT molecular complexity index is 1950. The first-order chi connectivity index (χ1) is 33.2. The van der Waals surface area contributed by atoms with Gasteiger partial charge in [0, 0.05) is 58.5 Å². The van der Waals surface area contributed by atoms with Crippen molar-refractivity contribution in [1.29, 1.82) is 0 Å². The van der Waals surface area contributed by atoms with Gasteiger partial charge in [-0.25, -0.2) is 4.79 Å². The zero-order chi connectivity index (χ0) is 51.7. The summed E-state index contributed by atoms with van der Waals surface area (Å²) in [6.07, 6.45) is 15.0. The Balaban J connectivity index is 0.00000200. The highest BCUT2D eigenvalue weighted by atomic mass is 16.6. The van der Waals surface area contributed by atoms with Gasteiger partial charge < -0.3 is 38.8 Å². The fourth-order valence-corrected chi connectivity index (χ4v) is 10.5. The Morgan fingerprint density at radius 1 is 0.886 bits per heavy atom. The van der Waals surface area contributed by atoms with Crippen molar-refractivity contribution in [3.05, 3.63) is 53.9 Å². The van der Waals surface area contributed by atoms with Gasteiger partial charge in [-0.1, -0.05) is 83.2 Å². The van der Waals surface area contributed by atoms with Crippen LogP contribution in [0.2, 0.25) is 0 Å². The second-order valence-corrected chi connectivity index (χ2v) is 20.6. The van der Waals surface area contributed by atoms with E-state index >= 15 is 0 Å². The third kappa shape index (κ3) is 16.1. The maximum atomic E-state index is 14.4. The number of aliphatic hydroxyl groups excluding tert-OH is 1.